The molecule has 0 aliphatic heterocycles. The summed E-state index contributed by atoms with van der Waals surface area (Å²) in [5.74, 6) is -0.235. The van der Waals surface area contributed by atoms with Crippen molar-refractivity contribution in [3.63, 3.8) is 0 Å². The molecule has 0 saturated heterocycles. The van der Waals surface area contributed by atoms with Crippen molar-refractivity contribution in [2.45, 2.75) is 12.5 Å². The van der Waals surface area contributed by atoms with Gasteiger partial charge in [0.1, 0.15) is 5.75 Å². The third-order valence-electron chi connectivity index (χ3n) is 2.73. The Bertz CT molecular complexity index is 635. The SMILES string of the molecule is O=C(Nc1ccccc1CCl)c1cccc(OC(F)F)c1. The first-order valence-corrected chi connectivity index (χ1v) is 6.63. The number of carbonyl (C=O) groups is 1. The Hall–Kier alpha value is -2.14. The predicted octanol–water partition coefficient (Wildman–Crippen LogP) is 4.28. The topological polar surface area (TPSA) is 38.3 Å². The maximum absolute atomic E-state index is 12.2. The number of benzene rings is 2. The van der Waals surface area contributed by atoms with Crippen LogP contribution in [0, 0.1) is 0 Å². The number of halogens is 3. The largest absolute Gasteiger partial charge is 0.435 e. The van der Waals surface area contributed by atoms with Crippen LogP contribution in [-0.2, 0) is 5.88 Å². The molecule has 0 saturated carbocycles. The molecule has 3 nitrogen and oxygen atoms in total. The van der Waals surface area contributed by atoms with Crippen LogP contribution < -0.4 is 10.1 Å². The second-order valence-corrected chi connectivity index (χ2v) is 4.42. The number of ether oxygens (including phenoxy) is 1. The zero-order valence-electron chi connectivity index (χ0n) is 10.9. The van der Waals surface area contributed by atoms with Crippen molar-refractivity contribution in [1.82, 2.24) is 0 Å². The summed E-state index contributed by atoms with van der Waals surface area (Å²) in [6.07, 6.45) is 0. The van der Waals surface area contributed by atoms with Crippen LogP contribution in [0.4, 0.5) is 14.5 Å². The molecular formula is C15H12ClF2NO2. The van der Waals surface area contributed by atoms with E-state index in [1.807, 2.05) is 6.07 Å². The Kier molecular flexibility index (Phi) is 5.11. The van der Waals surface area contributed by atoms with Gasteiger partial charge < -0.3 is 10.1 Å². The molecule has 0 aliphatic carbocycles. The van der Waals surface area contributed by atoms with Gasteiger partial charge in [0, 0.05) is 17.1 Å². The minimum absolute atomic E-state index is 0.0664. The van der Waals surface area contributed by atoms with Crippen molar-refractivity contribution < 1.29 is 18.3 Å². The van der Waals surface area contributed by atoms with E-state index in [9.17, 15) is 13.6 Å². The highest BCUT2D eigenvalue weighted by molar-refractivity contribution is 6.17. The van der Waals surface area contributed by atoms with E-state index in [4.69, 9.17) is 11.6 Å². The van der Waals surface area contributed by atoms with Crippen molar-refractivity contribution in [2.75, 3.05) is 5.32 Å². The minimum atomic E-state index is -2.93. The molecule has 21 heavy (non-hydrogen) atoms. The lowest BCUT2D eigenvalue weighted by atomic mass is 10.1. The van der Waals surface area contributed by atoms with Crippen LogP contribution >= 0.6 is 11.6 Å². The fourth-order valence-corrected chi connectivity index (χ4v) is 2.00. The van der Waals surface area contributed by atoms with Crippen LogP contribution in [0.15, 0.2) is 48.5 Å². The number of carbonyl (C=O) groups excluding carboxylic acids is 1. The molecule has 2 aromatic rings. The van der Waals surface area contributed by atoms with Crippen molar-refractivity contribution >= 4 is 23.2 Å². The van der Waals surface area contributed by atoms with Crippen LogP contribution in [0.1, 0.15) is 15.9 Å². The van der Waals surface area contributed by atoms with E-state index in [1.165, 1.54) is 24.3 Å². The lowest BCUT2D eigenvalue weighted by Gasteiger charge is -2.10. The Morgan fingerprint density at radius 3 is 2.67 bits per heavy atom. The van der Waals surface area contributed by atoms with Gasteiger partial charge in [-0.2, -0.15) is 8.78 Å². The van der Waals surface area contributed by atoms with Crippen LogP contribution in [0.3, 0.4) is 0 Å². The van der Waals surface area contributed by atoms with Gasteiger partial charge in [0.25, 0.3) is 5.91 Å². The number of nitrogens with one attached hydrogen (secondary N) is 1. The van der Waals surface area contributed by atoms with Crippen LogP contribution in [0.25, 0.3) is 0 Å². The Morgan fingerprint density at radius 2 is 1.95 bits per heavy atom. The van der Waals surface area contributed by atoms with Crippen LogP contribution in [0.5, 0.6) is 5.75 Å². The summed E-state index contributed by atoms with van der Waals surface area (Å²) in [5.41, 5.74) is 1.57. The number of anilines is 1. The van der Waals surface area contributed by atoms with Crippen LogP contribution in [0.2, 0.25) is 0 Å². The van der Waals surface area contributed by atoms with Gasteiger partial charge >= 0.3 is 6.61 Å². The highest BCUT2D eigenvalue weighted by atomic mass is 35.5. The second kappa shape index (κ2) is 7.04. The summed E-state index contributed by atoms with van der Waals surface area (Å²) in [7, 11) is 0. The number of hydrogen-bond donors (Lipinski definition) is 1. The zero-order chi connectivity index (χ0) is 15.2. The van der Waals surface area contributed by atoms with E-state index in [0.29, 0.717) is 5.69 Å². The van der Waals surface area contributed by atoms with Crippen molar-refractivity contribution in [3.05, 3.63) is 59.7 Å². The zero-order valence-corrected chi connectivity index (χ0v) is 11.6. The molecule has 0 spiro atoms. The van der Waals surface area contributed by atoms with Gasteiger partial charge in [-0.25, -0.2) is 0 Å². The fourth-order valence-electron chi connectivity index (χ4n) is 1.77. The van der Waals surface area contributed by atoms with E-state index in [2.05, 4.69) is 10.1 Å². The molecule has 2 rings (SSSR count). The third-order valence-corrected chi connectivity index (χ3v) is 3.02. The molecule has 0 unspecified atom stereocenters. The molecule has 0 bridgehead atoms. The van der Waals surface area contributed by atoms with Crippen molar-refractivity contribution in [2.24, 2.45) is 0 Å². The standard InChI is InChI=1S/C15H12ClF2NO2/c16-9-11-4-1-2-7-13(11)19-14(20)10-5-3-6-12(8-10)21-15(17)18/h1-8,15H,9H2,(H,19,20). The van der Waals surface area contributed by atoms with Gasteiger partial charge in [-0.05, 0) is 29.8 Å². The maximum Gasteiger partial charge on any atom is 0.387 e. The third kappa shape index (κ3) is 4.16. The molecule has 0 aliphatic rings. The van der Waals surface area contributed by atoms with Gasteiger partial charge in [-0.3, -0.25) is 4.79 Å². The molecule has 6 heteroatoms. The summed E-state index contributed by atoms with van der Waals surface area (Å²) in [6, 6.07) is 12.7. The fraction of sp³-hybridized carbons (Fsp3) is 0.133. The highest BCUT2D eigenvalue weighted by Crippen LogP contribution is 2.20. The summed E-state index contributed by atoms with van der Waals surface area (Å²) in [4.78, 5) is 12.1. The average molecular weight is 312 g/mol. The van der Waals surface area contributed by atoms with Crippen molar-refractivity contribution in [1.29, 1.82) is 0 Å². The first-order chi connectivity index (χ1) is 10.1. The van der Waals surface area contributed by atoms with E-state index in [-0.39, 0.29) is 17.2 Å². The van der Waals surface area contributed by atoms with E-state index < -0.39 is 12.5 Å². The molecule has 2 aromatic carbocycles. The summed E-state index contributed by atoms with van der Waals surface area (Å²) in [6.45, 7) is -2.93. The quantitative estimate of drug-likeness (QED) is 0.837. The number of para-hydroxylation sites is 1. The Morgan fingerprint density at radius 1 is 1.19 bits per heavy atom. The molecule has 1 amide bonds. The Labute approximate surface area is 125 Å². The summed E-state index contributed by atoms with van der Waals surface area (Å²) >= 11 is 5.79. The molecule has 0 fully saturated rings. The van der Waals surface area contributed by atoms with Gasteiger partial charge in [-0.15, -0.1) is 11.6 Å². The van der Waals surface area contributed by atoms with E-state index in [1.54, 1.807) is 18.2 Å². The molecule has 110 valence electrons. The lowest BCUT2D eigenvalue weighted by molar-refractivity contribution is -0.0498. The molecule has 0 atom stereocenters. The number of alkyl halides is 3. The smallest absolute Gasteiger partial charge is 0.387 e. The molecule has 0 heterocycles. The summed E-state index contributed by atoms with van der Waals surface area (Å²) in [5, 5.41) is 2.69. The van der Waals surface area contributed by atoms with Gasteiger partial charge in [0.05, 0.1) is 0 Å². The van der Waals surface area contributed by atoms with E-state index in [0.717, 1.165) is 5.56 Å². The first-order valence-electron chi connectivity index (χ1n) is 6.10. The monoisotopic (exact) mass is 311 g/mol. The minimum Gasteiger partial charge on any atom is -0.435 e. The highest BCUT2D eigenvalue weighted by Gasteiger charge is 2.11. The molecule has 0 radical (unpaired) electrons. The van der Waals surface area contributed by atoms with Gasteiger partial charge in [0.15, 0.2) is 0 Å². The molecule has 1 N–H and O–H groups in total. The molecular weight excluding hydrogens is 300 g/mol. The van der Waals surface area contributed by atoms with Gasteiger partial charge in [0.2, 0.25) is 0 Å². The number of hydrogen-bond acceptors (Lipinski definition) is 2. The maximum atomic E-state index is 12.2. The number of rotatable bonds is 5. The summed E-state index contributed by atoms with van der Waals surface area (Å²) < 4.78 is 28.6. The second-order valence-electron chi connectivity index (χ2n) is 4.15. The van der Waals surface area contributed by atoms with Crippen molar-refractivity contribution in [3.8, 4) is 5.75 Å². The molecule has 0 aromatic heterocycles. The average Bonchev–Trinajstić information content (AvgIpc) is 2.47. The van der Waals surface area contributed by atoms with E-state index >= 15 is 0 Å². The number of amides is 1. The van der Waals surface area contributed by atoms with Crippen LogP contribution in [-0.4, -0.2) is 12.5 Å². The first kappa shape index (κ1) is 15.3. The van der Waals surface area contributed by atoms with Gasteiger partial charge in [-0.1, -0.05) is 24.3 Å². The normalized spacial score (nSPS) is 10.5. The predicted molar refractivity (Wildman–Crippen MR) is 77.0 cm³/mol. The Balaban J connectivity index is 2.16. The lowest BCUT2D eigenvalue weighted by Crippen LogP contribution is -2.13.